The number of ether oxygens (including phenoxy) is 1. The topological polar surface area (TPSA) is 160 Å². The molecule has 25 heavy (non-hydrogen) atoms. The summed E-state index contributed by atoms with van der Waals surface area (Å²) >= 11 is 0. The van der Waals surface area contributed by atoms with Gasteiger partial charge in [0.05, 0.1) is 13.2 Å². The summed E-state index contributed by atoms with van der Waals surface area (Å²) in [4.78, 5) is 24.9. The van der Waals surface area contributed by atoms with Crippen LogP contribution < -0.4 is 11.2 Å². The quantitative estimate of drug-likeness (QED) is 0.423. The van der Waals surface area contributed by atoms with Crippen molar-refractivity contribution in [2.75, 3.05) is 13.2 Å². The minimum absolute atomic E-state index is 0.0253. The van der Waals surface area contributed by atoms with Crippen molar-refractivity contribution in [3.8, 4) is 0 Å². The van der Waals surface area contributed by atoms with Crippen LogP contribution in [-0.2, 0) is 18.3 Å². The van der Waals surface area contributed by atoms with Crippen LogP contribution >= 0.6 is 7.60 Å². The minimum Gasteiger partial charge on any atom is -0.387 e. The maximum atomic E-state index is 12.6. The van der Waals surface area contributed by atoms with Gasteiger partial charge in [-0.05, 0) is 13.8 Å². The normalized spacial score (nSPS) is 28.2. The summed E-state index contributed by atoms with van der Waals surface area (Å²) < 4.78 is 28.8. The summed E-state index contributed by atoms with van der Waals surface area (Å²) in [6.45, 7) is 3.04. The van der Waals surface area contributed by atoms with Crippen molar-refractivity contribution in [2.24, 2.45) is 0 Å². The summed E-state index contributed by atoms with van der Waals surface area (Å²) in [7, 11) is -4.05. The lowest BCUT2D eigenvalue weighted by atomic mass is 10.1. The van der Waals surface area contributed by atoms with Crippen LogP contribution in [0.4, 0.5) is 0 Å². The van der Waals surface area contributed by atoms with Crippen molar-refractivity contribution >= 4 is 7.60 Å². The molecule has 0 aromatic carbocycles. The molecule has 2 rings (SSSR count). The van der Waals surface area contributed by atoms with Crippen LogP contribution in [0.3, 0.4) is 0 Å². The molecule has 0 aliphatic carbocycles. The van der Waals surface area contributed by atoms with E-state index in [1.165, 1.54) is 0 Å². The van der Waals surface area contributed by atoms with E-state index in [4.69, 9.17) is 13.8 Å². The highest BCUT2D eigenvalue weighted by atomic mass is 31.2. The van der Waals surface area contributed by atoms with Crippen molar-refractivity contribution in [3.05, 3.63) is 33.1 Å². The number of H-pyrrole nitrogens is 1. The second-order valence-electron chi connectivity index (χ2n) is 5.28. The lowest BCUT2D eigenvalue weighted by Crippen LogP contribution is -2.39. The smallest absolute Gasteiger partial charge is 0.361 e. The first-order valence-corrected chi connectivity index (χ1v) is 9.26. The molecule has 0 saturated carbocycles. The van der Waals surface area contributed by atoms with E-state index in [1.54, 1.807) is 13.8 Å². The van der Waals surface area contributed by atoms with E-state index >= 15 is 0 Å². The van der Waals surface area contributed by atoms with Gasteiger partial charge in [0.1, 0.15) is 18.3 Å². The third kappa shape index (κ3) is 3.93. The number of aliphatic hydroxyl groups excluding tert-OH is 3. The van der Waals surface area contributed by atoms with E-state index in [9.17, 15) is 29.5 Å². The molecule has 1 fully saturated rings. The van der Waals surface area contributed by atoms with Crippen molar-refractivity contribution in [2.45, 2.75) is 44.2 Å². The Bertz CT molecular complexity index is 738. The van der Waals surface area contributed by atoms with Gasteiger partial charge >= 0.3 is 13.3 Å². The molecule has 1 aliphatic heterocycles. The number of nitrogens with one attached hydrogen (secondary N) is 1. The summed E-state index contributed by atoms with van der Waals surface area (Å²) in [6, 6.07) is 1.03. The zero-order valence-corrected chi connectivity index (χ0v) is 14.5. The highest BCUT2D eigenvalue weighted by Crippen LogP contribution is 2.55. The van der Waals surface area contributed by atoms with E-state index in [1.807, 2.05) is 4.98 Å². The third-order valence-electron chi connectivity index (χ3n) is 3.64. The Kier molecular flexibility index (Phi) is 6.33. The standard InChI is InChI=1S/C13H21N2O9P/c1-3-22-25(21,23-4-2)12(19)10-8(17)9(18)11(24-10)15-6-5-7(16)14-13(15)20/h5-6,8-12,17-19H,3-4H2,1-2H3,(H,14,16,20)/t8-,9+,10-,11+,12+/m0/s1. The van der Waals surface area contributed by atoms with Crippen LogP contribution in [0.15, 0.2) is 21.9 Å². The molecule has 4 N–H and O–H groups in total. The number of rotatable bonds is 7. The van der Waals surface area contributed by atoms with Gasteiger partial charge in [0.25, 0.3) is 5.56 Å². The van der Waals surface area contributed by atoms with Crippen LogP contribution in [0.1, 0.15) is 20.1 Å². The van der Waals surface area contributed by atoms with E-state index in [-0.39, 0.29) is 13.2 Å². The molecule has 0 amide bonds. The fourth-order valence-corrected chi connectivity index (χ4v) is 4.23. The molecule has 0 unspecified atom stereocenters. The van der Waals surface area contributed by atoms with Gasteiger partial charge in [-0.25, -0.2) is 4.79 Å². The zero-order chi connectivity index (χ0) is 18.8. The minimum atomic E-state index is -4.05. The zero-order valence-electron chi connectivity index (χ0n) is 13.6. The second kappa shape index (κ2) is 7.92. The first-order chi connectivity index (χ1) is 11.7. The van der Waals surface area contributed by atoms with Crippen molar-refractivity contribution in [3.63, 3.8) is 0 Å². The fourth-order valence-electron chi connectivity index (χ4n) is 2.52. The number of aliphatic hydroxyl groups is 3. The summed E-state index contributed by atoms with van der Waals surface area (Å²) in [6.07, 6.45) is -5.17. The van der Waals surface area contributed by atoms with E-state index in [0.29, 0.717) is 0 Å². The van der Waals surface area contributed by atoms with Gasteiger partial charge in [-0.3, -0.25) is 18.9 Å². The van der Waals surface area contributed by atoms with E-state index in [0.717, 1.165) is 16.8 Å². The number of nitrogens with zero attached hydrogens (tertiary/aromatic N) is 1. The largest absolute Gasteiger partial charge is 0.387 e. The molecule has 5 atom stereocenters. The van der Waals surface area contributed by atoms with Gasteiger partial charge in [0, 0.05) is 12.3 Å². The molecular weight excluding hydrogens is 359 g/mol. The van der Waals surface area contributed by atoms with Gasteiger partial charge in [-0.1, -0.05) is 0 Å². The van der Waals surface area contributed by atoms with Crippen LogP contribution in [0.5, 0.6) is 0 Å². The maximum Gasteiger partial charge on any atom is 0.361 e. The van der Waals surface area contributed by atoms with Gasteiger partial charge < -0.3 is 29.1 Å². The van der Waals surface area contributed by atoms with Crippen molar-refractivity contribution < 1.29 is 33.7 Å². The number of aromatic amines is 1. The predicted octanol–water partition coefficient (Wildman–Crippen LogP) is -1.26. The third-order valence-corrected chi connectivity index (χ3v) is 5.81. The van der Waals surface area contributed by atoms with Gasteiger partial charge in [-0.15, -0.1) is 0 Å². The van der Waals surface area contributed by atoms with Crippen LogP contribution in [-0.4, -0.2) is 62.2 Å². The molecule has 0 spiro atoms. The molecule has 2 heterocycles. The van der Waals surface area contributed by atoms with E-state index in [2.05, 4.69) is 0 Å². The first kappa shape index (κ1) is 20.0. The molecule has 1 saturated heterocycles. The Balaban J connectivity index is 2.30. The van der Waals surface area contributed by atoms with Crippen LogP contribution in [0, 0.1) is 0 Å². The molecular formula is C13H21N2O9P. The monoisotopic (exact) mass is 380 g/mol. The molecule has 12 heteroatoms. The van der Waals surface area contributed by atoms with E-state index < -0.39 is 49.2 Å². The number of hydrogen-bond donors (Lipinski definition) is 4. The lowest BCUT2D eigenvalue weighted by Gasteiger charge is -2.27. The highest BCUT2D eigenvalue weighted by Gasteiger charge is 2.53. The second-order valence-corrected chi connectivity index (χ2v) is 7.40. The molecule has 1 aliphatic rings. The number of hydrogen-bond acceptors (Lipinski definition) is 9. The molecule has 0 radical (unpaired) electrons. The average molecular weight is 380 g/mol. The molecule has 142 valence electrons. The van der Waals surface area contributed by atoms with Gasteiger partial charge in [0.15, 0.2) is 12.1 Å². The Morgan fingerprint density at radius 3 is 2.40 bits per heavy atom. The lowest BCUT2D eigenvalue weighted by molar-refractivity contribution is -0.0715. The summed E-state index contributed by atoms with van der Waals surface area (Å²) in [5.74, 6) is -1.89. The first-order valence-electron chi connectivity index (χ1n) is 7.65. The van der Waals surface area contributed by atoms with Crippen molar-refractivity contribution in [1.29, 1.82) is 0 Å². The van der Waals surface area contributed by atoms with Gasteiger partial charge in [-0.2, -0.15) is 0 Å². The Morgan fingerprint density at radius 1 is 1.28 bits per heavy atom. The van der Waals surface area contributed by atoms with Crippen LogP contribution in [0.25, 0.3) is 0 Å². The molecule has 1 aromatic rings. The molecule has 11 nitrogen and oxygen atoms in total. The van der Waals surface area contributed by atoms with Crippen LogP contribution in [0.2, 0.25) is 0 Å². The SMILES string of the molecule is CCOP(=O)(OCC)[C@@H](O)[C@H]1O[C@@H](n2ccc(=O)[nH]c2=O)[C@H](O)[C@@H]1O. The Morgan fingerprint density at radius 2 is 1.88 bits per heavy atom. The molecule has 1 aromatic heterocycles. The summed E-state index contributed by atoms with van der Waals surface area (Å²) in [5.41, 5.74) is -1.53. The van der Waals surface area contributed by atoms with Crippen molar-refractivity contribution in [1.82, 2.24) is 9.55 Å². The fraction of sp³-hybridized carbons (Fsp3) is 0.692. The average Bonchev–Trinajstić information content (AvgIpc) is 2.83. The van der Waals surface area contributed by atoms with Gasteiger partial charge in [0.2, 0.25) is 0 Å². The maximum absolute atomic E-state index is 12.6. The predicted molar refractivity (Wildman–Crippen MR) is 84.1 cm³/mol. The Labute approximate surface area is 142 Å². The highest BCUT2D eigenvalue weighted by molar-refractivity contribution is 7.54. The molecule has 0 bridgehead atoms. The summed E-state index contributed by atoms with van der Waals surface area (Å²) in [5, 5.41) is 30.6. The number of aromatic nitrogens is 2. The Hall–Kier alpha value is -1.33.